The quantitative estimate of drug-likeness (QED) is 0.572. The Morgan fingerprint density at radius 3 is 2.76 bits per heavy atom. The van der Waals surface area contributed by atoms with Crippen molar-refractivity contribution in [1.82, 2.24) is 0 Å². The molecule has 1 rings (SSSR count). The molecule has 1 aliphatic carbocycles. The van der Waals surface area contributed by atoms with Crippen molar-refractivity contribution in [3.8, 4) is 6.07 Å². The summed E-state index contributed by atoms with van der Waals surface area (Å²) in [7, 11) is -3.65. The van der Waals surface area contributed by atoms with Gasteiger partial charge in [-0.15, -0.1) is 0 Å². The second-order valence-corrected chi connectivity index (χ2v) is 5.57. The third-order valence-corrected chi connectivity index (χ3v) is 2.81. The number of rotatable bonds is 3. The van der Waals surface area contributed by atoms with E-state index in [-0.39, 0.29) is 5.71 Å². The minimum absolute atomic E-state index is 0.0670. The van der Waals surface area contributed by atoms with Crippen molar-refractivity contribution in [2.45, 2.75) is 38.5 Å². The smallest absolute Gasteiger partial charge is 0.267 e. The van der Waals surface area contributed by atoms with Gasteiger partial charge in [-0.2, -0.15) is 13.7 Å². The van der Waals surface area contributed by atoms with E-state index in [0.29, 0.717) is 0 Å². The summed E-state index contributed by atoms with van der Waals surface area (Å²) in [4.78, 5) is 0. The van der Waals surface area contributed by atoms with Crippen molar-refractivity contribution in [2.24, 2.45) is 5.16 Å². The molecule has 6 heteroatoms. The van der Waals surface area contributed by atoms with Crippen LogP contribution >= 0.6 is 0 Å². The number of nitrogens with zero attached hydrogens (tertiary/aromatic N) is 2. The fourth-order valence-corrected chi connectivity index (χ4v) is 1.87. The molecule has 0 N–H and O–H groups in total. The zero-order chi connectivity index (χ0) is 12.7. The van der Waals surface area contributed by atoms with Gasteiger partial charge in [-0.05, 0) is 31.3 Å². The largest absolute Gasteiger partial charge is 0.325 e. The van der Waals surface area contributed by atoms with Crippen LogP contribution in [0.15, 0.2) is 16.8 Å². The molecule has 17 heavy (non-hydrogen) atoms. The maximum Gasteiger partial charge on any atom is 0.325 e. The number of allylic oxidation sites excluding steroid dienone is 2. The number of hydrogen-bond donors (Lipinski definition) is 0. The van der Waals surface area contributed by atoms with Crippen LogP contribution in [0.4, 0.5) is 0 Å². The summed E-state index contributed by atoms with van der Waals surface area (Å²) in [6.45, 7) is 0. The highest BCUT2D eigenvalue weighted by Crippen LogP contribution is 2.18. The van der Waals surface area contributed by atoms with Crippen LogP contribution in [-0.2, 0) is 14.4 Å². The summed E-state index contributed by atoms with van der Waals surface area (Å²) >= 11 is 0. The summed E-state index contributed by atoms with van der Waals surface area (Å²) in [5.74, 6) is 0. The number of nitriles is 1. The SMILES string of the molecule is CS(=O)(=O)O/N=C(C#N)/C1=C/CCCCCC1. The molecule has 0 unspecified atom stereocenters. The van der Waals surface area contributed by atoms with Gasteiger partial charge in [0.1, 0.15) is 6.07 Å². The Morgan fingerprint density at radius 2 is 2.12 bits per heavy atom. The van der Waals surface area contributed by atoms with E-state index in [0.717, 1.165) is 43.9 Å². The average Bonchev–Trinajstić information content (AvgIpc) is 2.19. The summed E-state index contributed by atoms with van der Waals surface area (Å²) in [6, 6.07) is 1.88. The molecule has 0 radical (unpaired) electrons. The van der Waals surface area contributed by atoms with Crippen LogP contribution in [0.25, 0.3) is 0 Å². The third kappa shape index (κ3) is 5.50. The first-order chi connectivity index (χ1) is 8.03. The predicted molar refractivity (Wildman–Crippen MR) is 64.8 cm³/mol. The molecule has 5 nitrogen and oxygen atoms in total. The minimum atomic E-state index is -3.65. The molecule has 0 atom stereocenters. The second kappa shape index (κ2) is 6.40. The number of hydrogen-bond acceptors (Lipinski definition) is 5. The molecule has 0 aliphatic heterocycles. The fourth-order valence-electron chi connectivity index (χ4n) is 1.66. The van der Waals surface area contributed by atoms with Crippen molar-refractivity contribution in [3.63, 3.8) is 0 Å². The zero-order valence-electron chi connectivity index (χ0n) is 9.85. The van der Waals surface area contributed by atoms with Gasteiger partial charge in [0.15, 0.2) is 5.71 Å². The second-order valence-electron chi connectivity index (χ2n) is 4.01. The molecule has 0 spiro atoms. The molecular formula is C11H16N2O3S. The molecule has 94 valence electrons. The van der Waals surface area contributed by atoms with Crippen LogP contribution in [0.3, 0.4) is 0 Å². The van der Waals surface area contributed by atoms with Crippen molar-refractivity contribution in [3.05, 3.63) is 11.6 Å². The van der Waals surface area contributed by atoms with Crippen molar-refractivity contribution < 1.29 is 12.7 Å². The van der Waals surface area contributed by atoms with E-state index in [2.05, 4.69) is 9.44 Å². The molecule has 0 saturated carbocycles. The lowest BCUT2D eigenvalue weighted by Crippen LogP contribution is -2.06. The molecule has 0 bridgehead atoms. The van der Waals surface area contributed by atoms with Crippen molar-refractivity contribution in [2.75, 3.05) is 6.26 Å². The zero-order valence-corrected chi connectivity index (χ0v) is 10.7. The maximum absolute atomic E-state index is 10.8. The number of oxime groups is 1. The molecule has 0 aromatic rings. The first-order valence-corrected chi connectivity index (χ1v) is 7.41. The summed E-state index contributed by atoms with van der Waals surface area (Å²) < 4.78 is 25.9. The molecule has 1 aliphatic rings. The average molecular weight is 256 g/mol. The van der Waals surface area contributed by atoms with Gasteiger partial charge in [0.25, 0.3) is 0 Å². The molecule has 0 aromatic carbocycles. The Bertz CT molecular complexity index is 458. The topological polar surface area (TPSA) is 79.5 Å². The molecular weight excluding hydrogens is 240 g/mol. The normalized spacial score (nSPS) is 21.6. The van der Waals surface area contributed by atoms with E-state index in [9.17, 15) is 8.42 Å². The van der Waals surface area contributed by atoms with Crippen molar-refractivity contribution in [1.29, 1.82) is 5.26 Å². The lowest BCUT2D eigenvalue weighted by atomic mass is 9.97. The lowest BCUT2D eigenvalue weighted by molar-refractivity contribution is 0.343. The molecule has 0 heterocycles. The molecule has 0 amide bonds. The first-order valence-electron chi connectivity index (χ1n) is 5.59. The summed E-state index contributed by atoms with van der Waals surface area (Å²) in [5.41, 5.74) is 0.855. The van der Waals surface area contributed by atoms with Crippen LogP contribution < -0.4 is 0 Å². The molecule has 0 aromatic heterocycles. The Morgan fingerprint density at radius 1 is 1.41 bits per heavy atom. The van der Waals surface area contributed by atoms with Gasteiger partial charge >= 0.3 is 10.1 Å². The maximum atomic E-state index is 10.8. The van der Waals surface area contributed by atoms with E-state index in [4.69, 9.17) is 5.26 Å². The lowest BCUT2D eigenvalue weighted by Gasteiger charge is -2.08. The van der Waals surface area contributed by atoms with Gasteiger partial charge in [0.05, 0.1) is 6.26 Å². The Labute approximate surface area is 102 Å². The Balaban J connectivity index is 2.82. The molecule has 0 saturated heterocycles. The van der Waals surface area contributed by atoms with Gasteiger partial charge in [-0.1, -0.05) is 24.1 Å². The van der Waals surface area contributed by atoms with E-state index in [1.165, 1.54) is 6.42 Å². The van der Waals surface area contributed by atoms with E-state index < -0.39 is 10.1 Å². The fraction of sp³-hybridized carbons (Fsp3) is 0.636. The monoisotopic (exact) mass is 256 g/mol. The van der Waals surface area contributed by atoms with Gasteiger partial charge in [-0.3, -0.25) is 4.28 Å². The van der Waals surface area contributed by atoms with E-state index in [1.807, 2.05) is 12.1 Å². The summed E-state index contributed by atoms with van der Waals surface area (Å²) in [5, 5.41) is 12.3. The predicted octanol–water partition coefficient (Wildman–Crippen LogP) is 2.12. The third-order valence-electron chi connectivity index (χ3n) is 2.46. The highest BCUT2D eigenvalue weighted by atomic mass is 32.2. The highest BCUT2D eigenvalue weighted by molar-refractivity contribution is 7.85. The minimum Gasteiger partial charge on any atom is -0.267 e. The van der Waals surface area contributed by atoms with E-state index >= 15 is 0 Å². The Kier molecular flexibility index (Phi) is 5.16. The van der Waals surface area contributed by atoms with Gasteiger partial charge in [-0.25, -0.2) is 0 Å². The van der Waals surface area contributed by atoms with Crippen LogP contribution in [0.2, 0.25) is 0 Å². The standard InChI is InChI=1S/C11H16N2O3S/c1-17(14,15)16-13-11(9-12)10-7-5-3-2-4-6-8-10/h7H,2-6,8H2,1H3/b10-7+,13-11+. The van der Waals surface area contributed by atoms with Crippen LogP contribution in [0.1, 0.15) is 38.5 Å². The molecule has 0 fully saturated rings. The highest BCUT2D eigenvalue weighted by Gasteiger charge is 2.11. The summed E-state index contributed by atoms with van der Waals surface area (Å²) in [6.07, 6.45) is 8.91. The van der Waals surface area contributed by atoms with Crippen molar-refractivity contribution >= 4 is 15.8 Å². The Hall–Kier alpha value is -1.35. The van der Waals surface area contributed by atoms with E-state index in [1.54, 1.807) is 0 Å². The van der Waals surface area contributed by atoms with Crippen LogP contribution in [0.5, 0.6) is 0 Å². The first kappa shape index (κ1) is 13.7. The van der Waals surface area contributed by atoms with Crippen LogP contribution in [0, 0.1) is 11.3 Å². The van der Waals surface area contributed by atoms with Crippen LogP contribution in [-0.4, -0.2) is 20.4 Å². The van der Waals surface area contributed by atoms with Gasteiger partial charge in [0.2, 0.25) is 0 Å². The van der Waals surface area contributed by atoms with Gasteiger partial charge in [0, 0.05) is 0 Å². The van der Waals surface area contributed by atoms with Gasteiger partial charge < -0.3 is 0 Å².